The van der Waals surface area contributed by atoms with E-state index in [1.54, 1.807) is 24.3 Å². The molecule has 0 spiro atoms. The molecule has 1 aliphatic rings. The summed E-state index contributed by atoms with van der Waals surface area (Å²) in [6, 6.07) is 6.44. The van der Waals surface area contributed by atoms with Crippen molar-refractivity contribution in [3.05, 3.63) is 48.0 Å². The number of carbonyl (C=O) groups is 2. The highest BCUT2D eigenvalue weighted by Crippen LogP contribution is 2.17. The minimum absolute atomic E-state index is 0.0696. The van der Waals surface area contributed by atoms with Gasteiger partial charge in [0.05, 0.1) is 5.56 Å². The van der Waals surface area contributed by atoms with Crippen molar-refractivity contribution in [2.75, 3.05) is 13.1 Å². The van der Waals surface area contributed by atoms with Gasteiger partial charge in [-0.1, -0.05) is 18.2 Å². The van der Waals surface area contributed by atoms with Crippen LogP contribution in [0, 0.1) is 5.92 Å². The van der Waals surface area contributed by atoms with E-state index in [0.717, 1.165) is 31.5 Å². The van der Waals surface area contributed by atoms with Crippen molar-refractivity contribution in [2.45, 2.75) is 19.4 Å². The number of allylic oxidation sites excluding steroid dienone is 1. The van der Waals surface area contributed by atoms with E-state index in [9.17, 15) is 9.59 Å². The number of carboxylic acids is 1. The van der Waals surface area contributed by atoms with Crippen LogP contribution < -0.4 is 5.32 Å². The minimum atomic E-state index is -0.948. The van der Waals surface area contributed by atoms with Crippen molar-refractivity contribution >= 4 is 12.0 Å². The minimum Gasteiger partial charge on any atom is -0.478 e. The fraction of sp³-hybridized carbons (Fsp3) is 0.375. The van der Waals surface area contributed by atoms with Gasteiger partial charge in [-0.25, -0.2) is 9.59 Å². The van der Waals surface area contributed by atoms with Gasteiger partial charge in [0.25, 0.3) is 0 Å². The number of piperidine rings is 1. The number of nitrogens with one attached hydrogen (secondary N) is 1. The number of hydrogen-bond acceptors (Lipinski definition) is 2. The zero-order valence-corrected chi connectivity index (χ0v) is 11.9. The molecule has 5 heteroatoms. The molecule has 2 rings (SSSR count). The highest BCUT2D eigenvalue weighted by molar-refractivity contribution is 5.87. The van der Waals surface area contributed by atoms with E-state index in [-0.39, 0.29) is 11.6 Å². The molecule has 1 heterocycles. The van der Waals surface area contributed by atoms with Gasteiger partial charge in [-0.2, -0.15) is 0 Å². The van der Waals surface area contributed by atoms with Crippen LogP contribution in [0.4, 0.5) is 4.79 Å². The van der Waals surface area contributed by atoms with E-state index in [4.69, 9.17) is 5.11 Å². The lowest BCUT2D eigenvalue weighted by Gasteiger charge is -2.30. The standard InChI is InChI=1S/C16H20N2O3/c1-2-12-7-9-18(10-8-12)16(21)17-11-13-3-5-14(6-4-13)15(19)20/h2-6,12H,1,7-11H2,(H,17,21)(H,19,20). The Balaban J connectivity index is 1.81. The van der Waals surface area contributed by atoms with Gasteiger partial charge >= 0.3 is 12.0 Å². The summed E-state index contributed by atoms with van der Waals surface area (Å²) in [7, 11) is 0. The molecular weight excluding hydrogens is 268 g/mol. The Morgan fingerprint density at radius 3 is 2.43 bits per heavy atom. The SMILES string of the molecule is C=CC1CCN(C(=O)NCc2ccc(C(=O)O)cc2)CC1. The van der Waals surface area contributed by atoms with Crippen molar-refractivity contribution in [3.8, 4) is 0 Å². The van der Waals surface area contributed by atoms with Gasteiger partial charge in [-0.15, -0.1) is 6.58 Å². The second-order valence-electron chi connectivity index (χ2n) is 5.22. The topological polar surface area (TPSA) is 69.6 Å². The number of benzene rings is 1. The van der Waals surface area contributed by atoms with Crippen LogP contribution in [0.3, 0.4) is 0 Å². The average Bonchev–Trinajstić information content (AvgIpc) is 2.53. The Bertz CT molecular complexity index is 517. The van der Waals surface area contributed by atoms with Crippen molar-refractivity contribution in [1.29, 1.82) is 0 Å². The molecule has 2 amide bonds. The Hall–Kier alpha value is -2.30. The normalized spacial score (nSPS) is 15.5. The molecule has 1 fully saturated rings. The highest BCUT2D eigenvalue weighted by Gasteiger charge is 2.20. The summed E-state index contributed by atoms with van der Waals surface area (Å²) in [5.41, 5.74) is 1.13. The zero-order chi connectivity index (χ0) is 15.2. The molecular formula is C16H20N2O3. The van der Waals surface area contributed by atoms with Crippen LogP contribution in [0.15, 0.2) is 36.9 Å². The molecule has 0 aromatic heterocycles. The van der Waals surface area contributed by atoms with E-state index in [1.165, 1.54) is 0 Å². The zero-order valence-electron chi connectivity index (χ0n) is 11.9. The first-order valence-corrected chi connectivity index (χ1v) is 7.07. The summed E-state index contributed by atoms with van der Waals surface area (Å²) in [4.78, 5) is 24.6. The molecule has 1 saturated heterocycles. The lowest BCUT2D eigenvalue weighted by atomic mass is 9.97. The van der Waals surface area contributed by atoms with E-state index >= 15 is 0 Å². The number of aromatic carboxylic acids is 1. The number of carboxylic acid groups (broad SMARTS) is 1. The van der Waals surface area contributed by atoms with Crippen LogP contribution in [0.1, 0.15) is 28.8 Å². The quantitative estimate of drug-likeness (QED) is 0.836. The number of likely N-dealkylation sites (tertiary alicyclic amines) is 1. The largest absolute Gasteiger partial charge is 0.478 e. The summed E-state index contributed by atoms with van der Waals surface area (Å²) < 4.78 is 0. The molecule has 2 N–H and O–H groups in total. The smallest absolute Gasteiger partial charge is 0.335 e. The van der Waals surface area contributed by atoms with Crippen LogP contribution in [-0.4, -0.2) is 35.1 Å². The van der Waals surface area contributed by atoms with Gasteiger partial charge in [-0.3, -0.25) is 0 Å². The molecule has 0 radical (unpaired) electrons. The van der Waals surface area contributed by atoms with Gasteiger partial charge in [-0.05, 0) is 36.5 Å². The fourth-order valence-electron chi connectivity index (χ4n) is 2.39. The molecule has 1 aliphatic heterocycles. The lowest BCUT2D eigenvalue weighted by Crippen LogP contribution is -2.43. The number of amides is 2. The van der Waals surface area contributed by atoms with Gasteiger partial charge in [0.1, 0.15) is 0 Å². The predicted molar refractivity (Wildman–Crippen MR) is 80.1 cm³/mol. The van der Waals surface area contributed by atoms with Crippen molar-refractivity contribution in [2.24, 2.45) is 5.92 Å². The number of carbonyl (C=O) groups excluding carboxylic acids is 1. The second kappa shape index (κ2) is 6.92. The molecule has 0 unspecified atom stereocenters. The van der Waals surface area contributed by atoms with Crippen LogP contribution in [0.5, 0.6) is 0 Å². The molecule has 21 heavy (non-hydrogen) atoms. The lowest BCUT2D eigenvalue weighted by molar-refractivity contribution is 0.0697. The molecule has 0 saturated carbocycles. The van der Waals surface area contributed by atoms with Crippen LogP contribution in [0.2, 0.25) is 0 Å². The average molecular weight is 288 g/mol. The predicted octanol–water partition coefficient (Wildman–Crippen LogP) is 2.49. The third kappa shape index (κ3) is 4.08. The van der Waals surface area contributed by atoms with Crippen molar-refractivity contribution in [3.63, 3.8) is 0 Å². The van der Waals surface area contributed by atoms with E-state index in [1.807, 2.05) is 11.0 Å². The molecule has 0 aliphatic carbocycles. The molecule has 0 atom stereocenters. The Labute approximate surface area is 124 Å². The van der Waals surface area contributed by atoms with E-state index in [0.29, 0.717) is 12.5 Å². The van der Waals surface area contributed by atoms with Gasteiger partial charge in [0.2, 0.25) is 0 Å². The van der Waals surface area contributed by atoms with Gasteiger partial charge in [0, 0.05) is 19.6 Å². The van der Waals surface area contributed by atoms with Crippen LogP contribution in [0.25, 0.3) is 0 Å². The molecule has 1 aromatic rings. The summed E-state index contributed by atoms with van der Waals surface area (Å²) in [6.07, 6.45) is 3.88. The number of urea groups is 1. The molecule has 1 aromatic carbocycles. The van der Waals surface area contributed by atoms with Gasteiger partial charge in [0.15, 0.2) is 0 Å². The highest BCUT2D eigenvalue weighted by atomic mass is 16.4. The summed E-state index contributed by atoms with van der Waals surface area (Å²) in [5, 5.41) is 11.7. The van der Waals surface area contributed by atoms with Crippen molar-refractivity contribution in [1.82, 2.24) is 10.2 Å². The molecule has 112 valence electrons. The maximum absolute atomic E-state index is 12.0. The van der Waals surface area contributed by atoms with Crippen LogP contribution in [-0.2, 0) is 6.54 Å². The van der Waals surface area contributed by atoms with E-state index in [2.05, 4.69) is 11.9 Å². The molecule has 0 bridgehead atoms. The third-order valence-corrected chi connectivity index (χ3v) is 3.80. The first kappa shape index (κ1) is 15.1. The fourth-order valence-corrected chi connectivity index (χ4v) is 2.39. The Morgan fingerprint density at radius 1 is 1.29 bits per heavy atom. The maximum Gasteiger partial charge on any atom is 0.335 e. The summed E-state index contributed by atoms with van der Waals surface area (Å²) >= 11 is 0. The van der Waals surface area contributed by atoms with Crippen molar-refractivity contribution < 1.29 is 14.7 Å². The van der Waals surface area contributed by atoms with Gasteiger partial charge < -0.3 is 15.3 Å². The second-order valence-corrected chi connectivity index (χ2v) is 5.22. The first-order valence-electron chi connectivity index (χ1n) is 7.07. The number of rotatable bonds is 4. The summed E-state index contributed by atoms with van der Waals surface area (Å²) in [6.45, 7) is 5.69. The Kier molecular flexibility index (Phi) is 4.98. The van der Waals surface area contributed by atoms with Crippen LogP contribution >= 0.6 is 0 Å². The number of hydrogen-bond donors (Lipinski definition) is 2. The Morgan fingerprint density at radius 2 is 1.90 bits per heavy atom. The summed E-state index contributed by atoms with van der Waals surface area (Å²) in [5.74, 6) is -0.437. The molecule has 5 nitrogen and oxygen atoms in total. The third-order valence-electron chi connectivity index (χ3n) is 3.80. The monoisotopic (exact) mass is 288 g/mol. The number of nitrogens with zero attached hydrogens (tertiary/aromatic N) is 1. The maximum atomic E-state index is 12.0. The first-order chi connectivity index (χ1) is 10.1. The van der Waals surface area contributed by atoms with E-state index < -0.39 is 5.97 Å².